The molecule has 2 aliphatic heterocycles. The zero-order valence-corrected chi connectivity index (χ0v) is 21.6. The van der Waals surface area contributed by atoms with Gasteiger partial charge in [0.05, 0.1) is 24.4 Å². The van der Waals surface area contributed by atoms with Crippen molar-refractivity contribution >= 4 is 17.1 Å². The van der Waals surface area contributed by atoms with E-state index in [1.807, 2.05) is 4.68 Å². The van der Waals surface area contributed by atoms with Crippen LogP contribution in [-0.4, -0.2) is 67.4 Å². The van der Waals surface area contributed by atoms with Crippen molar-refractivity contribution < 1.29 is 14.6 Å². The van der Waals surface area contributed by atoms with Crippen LogP contribution in [0.4, 0.5) is 0 Å². The molecule has 0 aliphatic carbocycles. The summed E-state index contributed by atoms with van der Waals surface area (Å²) in [6, 6.07) is 6.67. The minimum absolute atomic E-state index is 0.191. The average Bonchev–Trinajstić information content (AvgIpc) is 3.38. The first-order valence-electron chi connectivity index (χ1n) is 12.3. The number of aromatic nitrogens is 4. The number of Topliss-reactive ketones (excluding diaryl/α,β-unsaturated/α-hetero) is 1. The van der Waals surface area contributed by atoms with Crippen molar-refractivity contribution in [2.24, 2.45) is 0 Å². The van der Waals surface area contributed by atoms with Gasteiger partial charge >= 0.3 is 0 Å². The monoisotopic (exact) mass is 495 g/mol. The van der Waals surface area contributed by atoms with E-state index in [9.17, 15) is 9.90 Å². The van der Waals surface area contributed by atoms with E-state index in [0.29, 0.717) is 31.9 Å². The quantitative estimate of drug-likeness (QED) is 0.503. The minimum Gasteiger partial charge on any atom is -0.492 e. The highest BCUT2D eigenvalue weighted by molar-refractivity contribution is 7.15. The molecule has 0 atom stereocenters. The summed E-state index contributed by atoms with van der Waals surface area (Å²) < 4.78 is 8.05. The van der Waals surface area contributed by atoms with Gasteiger partial charge in [-0.2, -0.15) is 5.10 Å². The third-order valence-electron chi connectivity index (χ3n) is 6.64. The molecule has 1 saturated heterocycles. The molecule has 5 rings (SSSR count). The van der Waals surface area contributed by atoms with E-state index in [1.54, 1.807) is 31.5 Å². The maximum atomic E-state index is 12.2. The lowest BCUT2D eigenvalue weighted by molar-refractivity contribution is -0.122. The van der Waals surface area contributed by atoms with Gasteiger partial charge < -0.3 is 9.84 Å². The molecule has 1 fully saturated rings. The van der Waals surface area contributed by atoms with Crippen LogP contribution in [0.2, 0.25) is 0 Å². The third kappa shape index (κ3) is 5.17. The predicted molar refractivity (Wildman–Crippen MR) is 136 cm³/mol. The zero-order chi connectivity index (χ0) is 24.7. The predicted octanol–water partition coefficient (Wildman–Crippen LogP) is 4.10. The van der Waals surface area contributed by atoms with E-state index < -0.39 is 5.60 Å². The number of aliphatic hydroxyl groups is 1. The molecule has 2 aliphatic rings. The summed E-state index contributed by atoms with van der Waals surface area (Å²) in [6.07, 6.45) is 3.33. The summed E-state index contributed by atoms with van der Waals surface area (Å²) in [6.45, 7) is 10.5. The number of ketones is 1. The Morgan fingerprint density at radius 1 is 1.31 bits per heavy atom. The molecule has 1 N–H and O–H groups in total. The number of nitrogens with zero attached hydrogens (tertiary/aromatic N) is 5. The molecule has 8 nitrogen and oxygen atoms in total. The second-order valence-electron chi connectivity index (χ2n) is 10.5. The molecule has 3 aromatic rings. The van der Waals surface area contributed by atoms with Crippen LogP contribution in [0.15, 0.2) is 24.5 Å². The number of thiazole rings is 1. The topological polar surface area (TPSA) is 93.4 Å². The van der Waals surface area contributed by atoms with Crippen molar-refractivity contribution in [1.29, 1.82) is 0 Å². The first-order valence-corrected chi connectivity index (χ1v) is 13.1. The summed E-state index contributed by atoms with van der Waals surface area (Å²) in [4.78, 5) is 25.1. The molecule has 1 aromatic carbocycles. The number of carbonyl (C=O) groups is 1. The smallest absolute Gasteiger partial charge is 0.187 e. The van der Waals surface area contributed by atoms with Gasteiger partial charge in [0.2, 0.25) is 0 Å². The second kappa shape index (κ2) is 9.44. The lowest BCUT2D eigenvalue weighted by atomic mass is 9.89. The van der Waals surface area contributed by atoms with Crippen LogP contribution in [0.25, 0.3) is 22.1 Å². The Kier molecular flexibility index (Phi) is 6.50. The highest BCUT2D eigenvalue weighted by Crippen LogP contribution is 2.42. The highest BCUT2D eigenvalue weighted by atomic mass is 32.1. The fraction of sp³-hybridized carbons (Fsp3) is 0.538. The van der Waals surface area contributed by atoms with Crippen molar-refractivity contribution in [1.82, 2.24) is 24.6 Å². The van der Waals surface area contributed by atoms with Crippen LogP contribution < -0.4 is 4.74 Å². The largest absolute Gasteiger partial charge is 0.492 e. The fourth-order valence-corrected chi connectivity index (χ4v) is 5.70. The molecule has 0 amide bonds. The molecule has 0 spiro atoms. The van der Waals surface area contributed by atoms with E-state index in [0.717, 1.165) is 47.3 Å². The SMILES string of the molecule is CC(C)n1ncnc1-c1nc2c(s1)CCOc1cc(C3CN(CC(=O)CCC(C)(C)O)C3)ccc1-2. The molecular weight excluding hydrogens is 462 g/mol. The number of hydrogen-bond donors (Lipinski definition) is 1. The van der Waals surface area contributed by atoms with Crippen molar-refractivity contribution in [2.75, 3.05) is 26.2 Å². The Morgan fingerprint density at radius 3 is 2.86 bits per heavy atom. The lowest BCUT2D eigenvalue weighted by Crippen LogP contribution is -2.47. The maximum Gasteiger partial charge on any atom is 0.187 e. The number of ether oxygens (including phenoxy) is 1. The van der Waals surface area contributed by atoms with Gasteiger partial charge in [0.25, 0.3) is 0 Å². The molecule has 2 aromatic heterocycles. The number of fused-ring (bicyclic) bond motifs is 3. The van der Waals surface area contributed by atoms with E-state index in [-0.39, 0.29) is 11.8 Å². The molecule has 186 valence electrons. The first kappa shape index (κ1) is 24.1. The van der Waals surface area contributed by atoms with Gasteiger partial charge in [-0.1, -0.05) is 6.07 Å². The van der Waals surface area contributed by atoms with Gasteiger partial charge in [0.15, 0.2) is 10.8 Å². The van der Waals surface area contributed by atoms with Crippen LogP contribution in [0, 0.1) is 0 Å². The molecule has 0 saturated carbocycles. The van der Waals surface area contributed by atoms with E-state index >= 15 is 0 Å². The standard InChI is InChI=1S/C26H33N5O3S/c1-16(2)31-24(27-15-28-31)25-29-23-20-6-5-17(11-21(20)34-10-8-22(23)35-25)18-12-30(13-18)14-19(32)7-9-26(3,4)33/h5-6,11,15-16,18,33H,7-10,12-14H2,1-4H3. The Morgan fingerprint density at radius 2 is 2.11 bits per heavy atom. The summed E-state index contributed by atoms with van der Waals surface area (Å²) in [5.41, 5.74) is 2.45. The molecule has 35 heavy (non-hydrogen) atoms. The third-order valence-corrected chi connectivity index (χ3v) is 7.75. The van der Waals surface area contributed by atoms with E-state index in [4.69, 9.17) is 9.72 Å². The van der Waals surface area contributed by atoms with Gasteiger partial charge in [0.1, 0.15) is 17.9 Å². The molecule has 0 unspecified atom stereocenters. The second-order valence-corrected chi connectivity index (χ2v) is 11.6. The summed E-state index contributed by atoms with van der Waals surface area (Å²) in [7, 11) is 0. The Balaban J connectivity index is 1.28. The number of likely N-dealkylation sites (tertiary alicyclic amines) is 1. The molecule has 4 heterocycles. The van der Waals surface area contributed by atoms with Gasteiger partial charge in [0, 0.05) is 48.3 Å². The van der Waals surface area contributed by atoms with Crippen LogP contribution in [0.3, 0.4) is 0 Å². The maximum absolute atomic E-state index is 12.2. The van der Waals surface area contributed by atoms with Crippen LogP contribution in [0.5, 0.6) is 5.75 Å². The van der Waals surface area contributed by atoms with Crippen molar-refractivity contribution in [3.63, 3.8) is 0 Å². The summed E-state index contributed by atoms with van der Waals surface area (Å²) in [5, 5.41) is 15.1. The van der Waals surface area contributed by atoms with E-state index in [2.05, 4.69) is 47.0 Å². The zero-order valence-electron chi connectivity index (χ0n) is 20.8. The Bertz CT molecular complexity index is 1220. The highest BCUT2D eigenvalue weighted by Gasteiger charge is 2.31. The Hall–Kier alpha value is -2.62. The van der Waals surface area contributed by atoms with Gasteiger partial charge in [-0.3, -0.25) is 9.69 Å². The molecule has 9 heteroatoms. The minimum atomic E-state index is -0.793. The fourth-order valence-electron chi connectivity index (χ4n) is 4.65. The van der Waals surface area contributed by atoms with Gasteiger partial charge in [-0.15, -0.1) is 11.3 Å². The van der Waals surface area contributed by atoms with Crippen molar-refractivity contribution in [2.45, 2.75) is 64.5 Å². The van der Waals surface area contributed by atoms with Crippen LogP contribution in [-0.2, 0) is 11.2 Å². The number of rotatable bonds is 8. The van der Waals surface area contributed by atoms with Gasteiger partial charge in [-0.25, -0.2) is 14.6 Å². The van der Waals surface area contributed by atoms with Crippen molar-refractivity contribution in [3.8, 4) is 27.8 Å². The van der Waals surface area contributed by atoms with Gasteiger partial charge in [-0.05, 0) is 51.8 Å². The average molecular weight is 496 g/mol. The summed E-state index contributed by atoms with van der Waals surface area (Å²) in [5.74, 6) is 2.27. The molecule has 0 radical (unpaired) electrons. The van der Waals surface area contributed by atoms with Crippen LogP contribution in [0.1, 0.15) is 62.9 Å². The van der Waals surface area contributed by atoms with Crippen LogP contribution >= 0.6 is 11.3 Å². The number of carbonyl (C=O) groups excluding carboxylic acids is 1. The number of hydrogen-bond acceptors (Lipinski definition) is 8. The lowest BCUT2D eigenvalue weighted by Gasteiger charge is -2.39. The summed E-state index contributed by atoms with van der Waals surface area (Å²) >= 11 is 1.67. The Labute approximate surface area is 210 Å². The normalized spacial score (nSPS) is 16.4. The first-order chi connectivity index (χ1) is 16.7. The molecule has 0 bridgehead atoms. The van der Waals surface area contributed by atoms with E-state index in [1.165, 1.54) is 10.4 Å². The number of benzene rings is 1. The van der Waals surface area contributed by atoms with Crippen molar-refractivity contribution in [3.05, 3.63) is 35.0 Å². The molecular formula is C26H33N5O3S.